The Balaban J connectivity index is 2.89. The fourth-order valence-corrected chi connectivity index (χ4v) is 1.23. The minimum atomic E-state index is -4.72. The first-order chi connectivity index (χ1) is 7.28. The molecule has 0 aliphatic rings. The summed E-state index contributed by atoms with van der Waals surface area (Å²) in [6, 6.07) is 3.42. The van der Waals surface area contributed by atoms with E-state index in [1.807, 2.05) is 0 Å². The fraction of sp³-hybridized carbons (Fsp3) is 0.400. The number of phenols is 1. The van der Waals surface area contributed by atoms with Gasteiger partial charge in [0.05, 0.1) is 0 Å². The number of phenolic OH excluding ortho intramolecular Hbond substituents is 1. The largest absolute Gasteiger partial charge is 0.573 e. The maximum absolute atomic E-state index is 11.9. The third-order valence-corrected chi connectivity index (χ3v) is 1.77. The van der Waals surface area contributed by atoms with Crippen LogP contribution in [0, 0.1) is 0 Å². The normalized spacial score (nSPS) is 11.9. The molecule has 1 aromatic rings. The van der Waals surface area contributed by atoms with E-state index >= 15 is 0 Å². The van der Waals surface area contributed by atoms with Crippen molar-refractivity contribution in [3.63, 3.8) is 0 Å². The summed E-state index contributed by atoms with van der Waals surface area (Å²) in [7, 11) is 3.49. The van der Waals surface area contributed by atoms with Crippen LogP contribution in [0.15, 0.2) is 18.2 Å². The second-order valence-electron chi connectivity index (χ2n) is 3.58. The molecule has 0 heterocycles. The van der Waals surface area contributed by atoms with Gasteiger partial charge in [-0.25, -0.2) is 0 Å². The topological polar surface area (TPSA) is 32.7 Å². The zero-order valence-corrected chi connectivity index (χ0v) is 8.88. The van der Waals surface area contributed by atoms with Gasteiger partial charge in [0, 0.05) is 12.1 Å². The van der Waals surface area contributed by atoms with E-state index in [2.05, 4.69) is 4.74 Å². The van der Waals surface area contributed by atoms with Gasteiger partial charge in [0.15, 0.2) is 0 Å². The Morgan fingerprint density at radius 1 is 1.31 bits per heavy atom. The zero-order chi connectivity index (χ0) is 12.3. The third kappa shape index (κ3) is 3.98. The molecule has 16 heavy (non-hydrogen) atoms. The number of nitrogens with zero attached hydrogens (tertiary/aromatic N) is 1. The third-order valence-electron chi connectivity index (χ3n) is 1.77. The Kier molecular flexibility index (Phi) is 3.64. The second kappa shape index (κ2) is 4.61. The van der Waals surface area contributed by atoms with Gasteiger partial charge in [-0.2, -0.15) is 0 Å². The van der Waals surface area contributed by atoms with Crippen LogP contribution < -0.4 is 4.74 Å². The molecule has 0 bridgehead atoms. The number of ether oxygens (including phenoxy) is 1. The second-order valence-corrected chi connectivity index (χ2v) is 3.58. The quantitative estimate of drug-likeness (QED) is 0.872. The molecule has 0 fully saturated rings. The van der Waals surface area contributed by atoms with Crippen LogP contribution in [0.25, 0.3) is 0 Å². The highest BCUT2D eigenvalue weighted by atomic mass is 19.4. The highest BCUT2D eigenvalue weighted by Crippen LogP contribution is 2.28. The maximum atomic E-state index is 11.9. The van der Waals surface area contributed by atoms with E-state index in [0.717, 1.165) is 6.07 Å². The molecule has 0 aliphatic carbocycles. The molecule has 6 heteroatoms. The molecular weight excluding hydrogens is 223 g/mol. The van der Waals surface area contributed by atoms with Crippen molar-refractivity contribution in [3.8, 4) is 11.5 Å². The summed E-state index contributed by atoms with van der Waals surface area (Å²) in [5.74, 6) is -0.384. The Labute approximate surface area is 91.1 Å². The molecular formula is C10H12F3NO2. The highest BCUT2D eigenvalue weighted by molar-refractivity contribution is 5.39. The summed E-state index contributed by atoms with van der Waals surface area (Å²) >= 11 is 0. The van der Waals surface area contributed by atoms with Crippen LogP contribution in [-0.2, 0) is 6.54 Å². The first-order valence-corrected chi connectivity index (χ1v) is 4.50. The number of hydrogen-bond acceptors (Lipinski definition) is 3. The molecule has 0 saturated heterocycles. The van der Waals surface area contributed by atoms with Crippen LogP contribution in [0.5, 0.6) is 11.5 Å². The van der Waals surface area contributed by atoms with Crippen LogP contribution in [0.2, 0.25) is 0 Å². The Bertz CT molecular complexity index is 364. The summed E-state index contributed by atoms with van der Waals surface area (Å²) in [4.78, 5) is 1.73. The predicted molar refractivity (Wildman–Crippen MR) is 52.2 cm³/mol. The molecule has 0 radical (unpaired) electrons. The fourth-order valence-electron chi connectivity index (χ4n) is 1.23. The Morgan fingerprint density at radius 2 is 1.94 bits per heavy atom. The minimum Gasteiger partial charge on any atom is -0.508 e. The molecule has 0 saturated carbocycles. The molecule has 1 aromatic carbocycles. The predicted octanol–water partition coefficient (Wildman–Crippen LogP) is 2.35. The SMILES string of the molecule is CN(C)Cc1cc(OC(F)(F)F)ccc1O. The molecule has 0 amide bonds. The molecule has 0 spiro atoms. The minimum absolute atomic E-state index is 0.0526. The van der Waals surface area contributed by atoms with Crippen LogP contribution >= 0.6 is 0 Å². The number of aromatic hydroxyl groups is 1. The molecule has 0 aliphatic heterocycles. The lowest BCUT2D eigenvalue weighted by Gasteiger charge is -2.14. The van der Waals surface area contributed by atoms with E-state index in [0.29, 0.717) is 12.1 Å². The van der Waals surface area contributed by atoms with Gasteiger partial charge in [0.2, 0.25) is 0 Å². The van der Waals surface area contributed by atoms with Gasteiger partial charge in [-0.1, -0.05) is 0 Å². The van der Waals surface area contributed by atoms with Crippen molar-refractivity contribution in [1.82, 2.24) is 4.90 Å². The lowest BCUT2D eigenvalue weighted by molar-refractivity contribution is -0.274. The number of hydrogen-bond donors (Lipinski definition) is 1. The van der Waals surface area contributed by atoms with E-state index in [9.17, 15) is 18.3 Å². The van der Waals surface area contributed by atoms with E-state index in [1.165, 1.54) is 12.1 Å². The van der Waals surface area contributed by atoms with Gasteiger partial charge in [0.1, 0.15) is 11.5 Å². The van der Waals surface area contributed by atoms with Crippen LogP contribution in [0.1, 0.15) is 5.56 Å². The number of alkyl halides is 3. The van der Waals surface area contributed by atoms with Crippen molar-refractivity contribution in [2.24, 2.45) is 0 Å². The van der Waals surface area contributed by atoms with Crippen molar-refractivity contribution in [1.29, 1.82) is 0 Å². The lowest BCUT2D eigenvalue weighted by Crippen LogP contribution is -2.17. The molecule has 3 nitrogen and oxygen atoms in total. The van der Waals surface area contributed by atoms with Crippen molar-refractivity contribution in [2.75, 3.05) is 14.1 Å². The monoisotopic (exact) mass is 235 g/mol. The summed E-state index contributed by atoms with van der Waals surface area (Å²) in [5, 5.41) is 9.42. The van der Waals surface area contributed by atoms with Crippen molar-refractivity contribution < 1.29 is 23.0 Å². The van der Waals surface area contributed by atoms with E-state index in [4.69, 9.17) is 0 Å². The van der Waals surface area contributed by atoms with E-state index in [-0.39, 0.29) is 11.5 Å². The van der Waals surface area contributed by atoms with Gasteiger partial charge in [-0.05, 0) is 32.3 Å². The Morgan fingerprint density at radius 3 is 2.44 bits per heavy atom. The van der Waals surface area contributed by atoms with Crippen LogP contribution in [0.4, 0.5) is 13.2 Å². The highest BCUT2D eigenvalue weighted by Gasteiger charge is 2.31. The van der Waals surface area contributed by atoms with E-state index in [1.54, 1.807) is 19.0 Å². The van der Waals surface area contributed by atoms with Gasteiger partial charge in [-0.3, -0.25) is 0 Å². The smallest absolute Gasteiger partial charge is 0.508 e. The molecule has 0 unspecified atom stereocenters. The average Bonchev–Trinajstić information content (AvgIpc) is 2.07. The van der Waals surface area contributed by atoms with Crippen molar-refractivity contribution >= 4 is 0 Å². The standard InChI is InChI=1S/C10H12F3NO2/c1-14(2)6-7-5-8(3-4-9(7)15)16-10(11,12)13/h3-5,15H,6H2,1-2H3. The molecule has 1 N–H and O–H groups in total. The summed E-state index contributed by atoms with van der Waals surface area (Å²) < 4.78 is 39.6. The Hall–Kier alpha value is -1.43. The average molecular weight is 235 g/mol. The first kappa shape index (κ1) is 12.6. The summed E-state index contributed by atoms with van der Waals surface area (Å²) in [6.07, 6.45) is -4.72. The lowest BCUT2D eigenvalue weighted by atomic mass is 10.2. The van der Waals surface area contributed by atoms with Gasteiger partial charge >= 0.3 is 6.36 Å². The summed E-state index contributed by atoms with van der Waals surface area (Å²) in [5.41, 5.74) is 0.381. The number of rotatable bonds is 3. The van der Waals surface area contributed by atoms with Crippen LogP contribution in [-0.4, -0.2) is 30.5 Å². The van der Waals surface area contributed by atoms with Gasteiger partial charge < -0.3 is 14.7 Å². The maximum Gasteiger partial charge on any atom is 0.573 e. The van der Waals surface area contributed by atoms with Crippen molar-refractivity contribution in [3.05, 3.63) is 23.8 Å². The summed E-state index contributed by atoms with van der Waals surface area (Å²) in [6.45, 7) is 0.334. The van der Waals surface area contributed by atoms with Gasteiger partial charge in [-0.15, -0.1) is 13.2 Å². The molecule has 0 atom stereocenters. The zero-order valence-electron chi connectivity index (χ0n) is 8.88. The van der Waals surface area contributed by atoms with Crippen LogP contribution in [0.3, 0.4) is 0 Å². The van der Waals surface area contributed by atoms with Crippen molar-refractivity contribution in [2.45, 2.75) is 12.9 Å². The molecule has 1 rings (SSSR count). The first-order valence-electron chi connectivity index (χ1n) is 4.50. The number of halogens is 3. The number of benzene rings is 1. The van der Waals surface area contributed by atoms with E-state index < -0.39 is 6.36 Å². The molecule has 0 aromatic heterocycles. The molecule has 90 valence electrons. The van der Waals surface area contributed by atoms with Gasteiger partial charge in [0.25, 0.3) is 0 Å².